The minimum Gasteiger partial charge on any atom is -0.349 e. The monoisotopic (exact) mass is 349 g/mol. The molecule has 0 aliphatic heterocycles. The van der Waals surface area contributed by atoms with Crippen molar-refractivity contribution in [1.82, 2.24) is 19.9 Å². The van der Waals surface area contributed by atoms with Crippen LogP contribution in [0.15, 0.2) is 11.0 Å². The van der Waals surface area contributed by atoms with E-state index in [9.17, 15) is 9.59 Å². The van der Waals surface area contributed by atoms with Gasteiger partial charge in [-0.3, -0.25) is 9.59 Å². The van der Waals surface area contributed by atoms with E-state index in [-0.39, 0.29) is 17.5 Å². The van der Waals surface area contributed by atoms with Gasteiger partial charge < -0.3 is 10.2 Å². The van der Waals surface area contributed by atoms with Crippen LogP contribution in [0.25, 0.3) is 4.96 Å². The highest BCUT2D eigenvalue weighted by Gasteiger charge is 2.21. The van der Waals surface area contributed by atoms with Gasteiger partial charge in [0.15, 0.2) is 0 Å². The molecule has 7 nitrogen and oxygen atoms in total. The van der Waals surface area contributed by atoms with E-state index in [0.717, 1.165) is 43.9 Å². The second kappa shape index (κ2) is 7.29. The van der Waals surface area contributed by atoms with Crippen molar-refractivity contribution in [1.29, 1.82) is 0 Å². The molecule has 1 saturated carbocycles. The van der Waals surface area contributed by atoms with E-state index in [0.29, 0.717) is 4.96 Å². The summed E-state index contributed by atoms with van der Waals surface area (Å²) in [6, 6.07) is 0.160. The highest BCUT2D eigenvalue weighted by Crippen LogP contribution is 2.21. The Morgan fingerprint density at radius 2 is 2.04 bits per heavy atom. The van der Waals surface area contributed by atoms with Crippen molar-refractivity contribution in [2.75, 3.05) is 18.0 Å². The molecular weight excluding hydrogens is 326 g/mol. The Hall–Kier alpha value is -1.96. The van der Waals surface area contributed by atoms with Gasteiger partial charge in [0.25, 0.3) is 11.5 Å². The maximum Gasteiger partial charge on any atom is 0.288 e. The fourth-order valence-corrected chi connectivity index (χ4v) is 4.05. The van der Waals surface area contributed by atoms with Crippen molar-refractivity contribution in [3.8, 4) is 0 Å². The van der Waals surface area contributed by atoms with Gasteiger partial charge in [-0.15, -0.1) is 5.10 Å². The van der Waals surface area contributed by atoms with Gasteiger partial charge in [-0.1, -0.05) is 30.6 Å². The minimum atomic E-state index is -0.400. The van der Waals surface area contributed by atoms with E-state index in [1.54, 1.807) is 0 Å². The average Bonchev–Trinajstić information content (AvgIpc) is 3.02. The predicted octanol–water partition coefficient (Wildman–Crippen LogP) is 2.06. The number of carbonyl (C=O) groups excluding carboxylic acids is 1. The largest absolute Gasteiger partial charge is 0.349 e. The maximum absolute atomic E-state index is 12.6. The molecule has 0 saturated heterocycles. The number of fused-ring (bicyclic) bond motifs is 1. The van der Waals surface area contributed by atoms with Gasteiger partial charge in [0, 0.05) is 25.3 Å². The lowest BCUT2D eigenvalue weighted by atomic mass is 9.95. The summed E-state index contributed by atoms with van der Waals surface area (Å²) in [6.45, 7) is 5.68. The first-order valence-electron chi connectivity index (χ1n) is 8.58. The molecule has 0 atom stereocenters. The zero-order chi connectivity index (χ0) is 17.1. The van der Waals surface area contributed by atoms with E-state index in [1.807, 2.05) is 13.8 Å². The molecule has 1 N–H and O–H groups in total. The third-order valence-corrected chi connectivity index (χ3v) is 5.48. The maximum atomic E-state index is 12.6. The molecule has 0 radical (unpaired) electrons. The van der Waals surface area contributed by atoms with Gasteiger partial charge in [-0.05, 0) is 26.7 Å². The molecule has 1 aliphatic rings. The number of carbonyl (C=O) groups is 1. The van der Waals surface area contributed by atoms with Crippen LogP contribution in [0.4, 0.5) is 5.13 Å². The Kier molecular flexibility index (Phi) is 5.13. The number of aromatic nitrogens is 3. The van der Waals surface area contributed by atoms with Crippen LogP contribution in [0.2, 0.25) is 0 Å². The minimum absolute atomic E-state index is 0.0643. The zero-order valence-corrected chi connectivity index (χ0v) is 14.9. The Balaban J connectivity index is 1.87. The molecule has 0 aromatic carbocycles. The summed E-state index contributed by atoms with van der Waals surface area (Å²) in [5.74, 6) is -0.341. The molecular formula is C16H23N5O2S. The second-order valence-electron chi connectivity index (χ2n) is 6.04. The van der Waals surface area contributed by atoms with Crippen LogP contribution in [-0.2, 0) is 0 Å². The third-order valence-electron chi connectivity index (χ3n) is 4.50. The quantitative estimate of drug-likeness (QED) is 0.894. The van der Waals surface area contributed by atoms with Gasteiger partial charge in [-0.25, -0.2) is 4.98 Å². The number of amides is 1. The second-order valence-corrected chi connectivity index (χ2v) is 6.97. The van der Waals surface area contributed by atoms with E-state index in [1.165, 1.54) is 28.5 Å². The first-order valence-corrected chi connectivity index (χ1v) is 9.40. The average molecular weight is 349 g/mol. The molecule has 1 amide bonds. The van der Waals surface area contributed by atoms with Gasteiger partial charge in [-0.2, -0.15) is 4.52 Å². The van der Waals surface area contributed by atoms with E-state index in [4.69, 9.17) is 0 Å². The summed E-state index contributed by atoms with van der Waals surface area (Å²) in [5.41, 5.74) is -0.336. The summed E-state index contributed by atoms with van der Waals surface area (Å²) in [4.78, 5) is 31.9. The summed E-state index contributed by atoms with van der Waals surface area (Å²) >= 11 is 1.36. The van der Waals surface area contributed by atoms with Crippen LogP contribution in [0.1, 0.15) is 56.3 Å². The zero-order valence-electron chi connectivity index (χ0n) is 14.1. The van der Waals surface area contributed by atoms with Crippen LogP contribution in [-0.4, -0.2) is 39.6 Å². The fraction of sp³-hybridized carbons (Fsp3) is 0.625. The third kappa shape index (κ3) is 3.28. The Morgan fingerprint density at radius 1 is 1.33 bits per heavy atom. The molecule has 1 fully saturated rings. The normalized spacial score (nSPS) is 15.6. The van der Waals surface area contributed by atoms with Crippen molar-refractivity contribution in [2.24, 2.45) is 0 Å². The lowest BCUT2D eigenvalue weighted by Gasteiger charge is -2.22. The number of hydrogen-bond acceptors (Lipinski definition) is 6. The number of hydrogen-bond donors (Lipinski definition) is 1. The Labute approximate surface area is 144 Å². The van der Waals surface area contributed by atoms with Gasteiger partial charge in [0.1, 0.15) is 5.56 Å². The fourth-order valence-electron chi connectivity index (χ4n) is 3.06. The van der Waals surface area contributed by atoms with Crippen molar-refractivity contribution in [2.45, 2.75) is 52.0 Å². The van der Waals surface area contributed by atoms with Crippen molar-refractivity contribution >= 4 is 27.3 Å². The van der Waals surface area contributed by atoms with E-state index < -0.39 is 5.56 Å². The van der Waals surface area contributed by atoms with Gasteiger partial charge in [0.2, 0.25) is 10.1 Å². The highest BCUT2D eigenvalue weighted by molar-refractivity contribution is 7.20. The summed E-state index contributed by atoms with van der Waals surface area (Å²) in [6.07, 6.45) is 6.80. The van der Waals surface area contributed by atoms with Crippen molar-refractivity contribution in [3.63, 3.8) is 0 Å². The molecule has 130 valence electrons. The van der Waals surface area contributed by atoms with E-state index >= 15 is 0 Å². The first-order chi connectivity index (χ1) is 11.6. The molecule has 0 bridgehead atoms. The number of nitrogens with zero attached hydrogens (tertiary/aromatic N) is 4. The molecule has 1 aliphatic carbocycles. The predicted molar refractivity (Wildman–Crippen MR) is 95.0 cm³/mol. The van der Waals surface area contributed by atoms with Crippen molar-refractivity contribution in [3.05, 3.63) is 22.1 Å². The van der Waals surface area contributed by atoms with Crippen LogP contribution < -0.4 is 15.8 Å². The summed E-state index contributed by atoms with van der Waals surface area (Å²) in [5, 5.41) is 8.06. The molecule has 2 aromatic rings. The summed E-state index contributed by atoms with van der Waals surface area (Å²) in [7, 11) is 0. The molecule has 3 rings (SSSR count). The number of rotatable bonds is 5. The smallest absolute Gasteiger partial charge is 0.288 e. The molecule has 0 spiro atoms. The van der Waals surface area contributed by atoms with Gasteiger partial charge in [0.05, 0.1) is 0 Å². The van der Waals surface area contributed by atoms with E-state index in [2.05, 4.69) is 20.3 Å². The first kappa shape index (κ1) is 16.9. The lowest BCUT2D eigenvalue weighted by Crippen LogP contribution is -2.39. The molecule has 2 aromatic heterocycles. The Bertz CT molecular complexity index is 774. The molecule has 24 heavy (non-hydrogen) atoms. The standard InChI is InChI=1S/C16H23N5O2S/c1-3-20(4-2)16-19-21-14(23)12(10-17-15(21)24-16)13(22)18-11-8-6-5-7-9-11/h10-11H,3-9H2,1-2H3,(H,18,22). The summed E-state index contributed by atoms with van der Waals surface area (Å²) < 4.78 is 1.24. The van der Waals surface area contributed by atoms with Gasteiger partial charge >= 0.3 is 0 Å². The molecule has 8 heteroatoms. The Morgan fingerprint density at radius 3 is 2.71 bits per heavy atom. The number of anilines is 1. The number of nitrogens with one attached hydrogen (secondary N) is 1. The lowest BCUT2D eigenvalue weighted by molar-refractivity contribution is 0.0925. The van der Waals surface area contributed by atoms with Crippen molar-refractivity contribution < 1.29 is 4.79 Å². The van der Waals surface area contributed by atoms with Crippen LogP contribution in [0.5, 0.6) is 0 Å². The topological polar surface area (TPSA) is 79.6 Å². The van der Waals surface area contributed by atoms with Crippen LogP contribution in [0.3, 0.4) is 0 Å². The SMILES string of the molecule is CCN(CC)c1nn2c(=O)c(C(=O)NC3CCCCC3)cnc2s1. The van der Waals surface area contributed by atoms with Crippen LogP contribution >= 0.6 is 11.3 Å². The van der Waals surface area contributed by atoms with Crippen LogP contribution in [0, 0.1) is 0 Å². The highest BCUT2D eigenvalue weighted by atomic mass is 32.1. The molecule has 0 unspecified atom stereocenters. The molecule has 2 heterocycles.